The van der Waals surface area contributed by atoms with Gasteiger partial charge in [0.1, 0.15) is 6.54 Å². The van der Waals surface area contributed by atoms with Crippen LogP contribution in [-0.2, 0) is 14.3 Å². The highest BCUT2D eigenvalue weighted by Gasteiger charge is 2.17. The highest BCUT2D eigenvalue weighted by Crippen LogP contribution is 1.98. The van der Waals surface area contributed by atoms with Crippen molar-refractivity contribution >= 4 is 12.1 Å². The van der Waals surface area contributed by atoms with Crippen molar-refractivity contribution in [1.29, 1.82) is 0 Å². The molecule has 0 saturated carbocycles. The number of esters is 1. The number of ether oxygens (including phenoxy) is 2. The van der Waals surface area contributed by atoms with Crippen LogP contribution in [0.1, 0.15) is 33.1 Å². The highest BCUT2D eigenvalue weighted by atomic mass is 16.6. The second-order valence-corrected chi connectivity index (χ2v) is 3.70. The van der Waals surface area contributed by atoms with Crippen LogP contribution < -0.4 is 0 Å². The van der Waals surface area contributed by atoms with Gasteiger partial charge in [0.15, 0.2) is 6.61 Å². The predicted octanol–water partition coefficient (Wildman–Crippen LogP) is 1.81. The van der Waals surface area contributed by atoms with Crippen LogP contribution in [0.25, 0.3) is 0 Å². The van der Waals surface area contributed by atoms with Gasteiger partial charge in [-0.05, 0) is 13.3 Å². The smallest absolute Gasteiger partial charge is 0.411 e. The number of carbonyl (C=O) groups is 2. The zero-order valence-electron chi connectivity index (χ0n) is 11.1. The van der Waals surface area contributed by atoms with Gasteiger partial charge in [0.25, 0.3) is 0 Å². The van der Waals surface area contributed by atoms with Crippen molar-refractivity contribution in [3.63, 3.8) is 0 Å². The van der Waals surface area contributed by atoms with Crippen LogP contribution in [0, 0.1) is 12.3 Å². The monoisotopic (exact) mass is 255 g/mol. The number of hydrogen-bond acceptors (Lipinski definition) is 4. The molecule has 0 aromatic carbocycles. The lowest BCUT2D eigenvalue weighted by Crippen LogP contribution is -2.36. The van der Waals surface area contributed by atoms with Crippen LogP contribution in [0.2, 0.25) is 0 Å². The SMILES string of the molecule is C#CCOC(=O)N(CC)CC(=O)OCCCCC. The Morgan fingerprint density at radius 1 is 1.22 bits per heavy atom. The first kappa shape index (κ1) is 16.3. The fraction of sp³-hybridized carbons (Fsp3) is 0.692. The molecule has 0 aromatic rings. The molecule has 0 spiro atoms. The van der Waals surface area contributed by atoms with Crippen molar-refractivity contribution in [1.82, 2.24) is 4.90 Å². The van der Waals surface area contributed by atoms with Crippen LogP contribution in [0.4, 0.5) is 4.79 Å². The third-order valence-corrected chi connectivity index (χ3v) is 2.25. The molecule has 0 heterocycles. The standard InChI is InChI=1S/C13H21NO4/c1-4-7-8-10-17-12(15)11-14(6-3)13(16)18-9-5-2/h2H,4,6-11H2,1,3H3. The molecule has 0 radical (unpaired) electrons. The number of terminal acetylenes is 1. The first-order chi connectivity index (χ1) is 8.65. The molecule has 0 aliphatic rings. The number of rotatable bonds is 8. The summed E-state index contributed by atoms with van der Waals surface area (Å²) in [5.41, 5.74) is 0. The molecule has 0 aliphatic heterocycles. The van der Waals surface area contributed by atoms with Gasteiger partial charge in [0.05, 0.1) is 6.61 Å². The molecule has 5 heteroatoms. The maximum absolute atomic E-state index is 11.4. The molecule has 0 rings (SSSR count). The Morgan fingerprint density at radius 3 is 2.50 bits per heavy atom. The summed E-state index contributed by atoms with van der Waals surface area (Å²) < 4.78 is 9.73. The molecule has 1 amide bonds. The number of nitrogens with zero attached hydrogens (tertiary/aromatic N) is 1. The van der Waals surface area contributed by atoms with E-state index in [9.17, 15) is 9.59 Å². The summed E-state index contributed by atoms with van der Waals surface area (Å²) >= 11 is 0. The van der Waals surface area contributed by atoms with E-state index in [0.29, 0.717) is 13.2 Å². The molecule has 0 aromatic heterocycles. The van der Waals surface area contributed by atoms with E-state index in [4.69, 9.17) is 15.9 Å². The molecule has 0 aliphatic carbocycles. The molecule has 0 saturated heterocycles. The molecule has 5 nitrogen and oxygen atoms in total. The first-order valence-electron chi connectivity index (χ1n) is 6.16. The van der Waals surface area contributed by atoms with Crippen molar-refractivity contribution in [2.75, 3.05) is 26.3 Å². The number of hydrogen-bond donors (Lipinski definition) is 0. The van der Waals surface area contributed by atoms with E-state index in [2.05, 4.69) is 12.8 Å². The summed E-state index contributed by atoms with van der Waals surface area (Å²) in [6.45, 7) is 4.38. The van der Waals surface area contributed by atoms with Crippen molar-refractivity contribution in [2.45, 2.75) is 33.1 Å². The van der Waals surface area contributed by atoms with E-state index in [1.54, 1.807) is 6.92 Å². The Bertz CT molecular complexity index is 296. The van der Waals surface area contributed by atoms with E-state index in [-0.39, 0.29) is 13.2 Å². The minimum Gasteiger partial charge on any atom is -0.464 e. The lowest BCUT2D eigenvalue weighted by molar-refractivity contribution is -0.144. The highest BCUT2D eigenvalue weighted by molar-refractivity contribution is 5.78. The van der Waals surface area contributed by atoms with Gasteiger partial charge in [0.2, 0.25) is 0 Å². The molecular weight excluding hydrogens is 234 g/mol. The van der Waals surface area contributed by atoms with E-state index >= 15 is 0 Å². The van der Waals surface area contributed by atoms with E-state index in [1.807, 2.05) is 0 Å². The normalized spacial score (nSPS) is 9.39. The van der Waals surface area contributed by atoms with Crippen LogP contribution in [-0.4, -0.2) is 43.3 Å². The summed E-state index contributed by atoms with van der Waals surface area (Å²) in [4.78, 5) is 24.1. The summed E-state index contributed by atoms with van der Waals surface area (Å²) in [6.07, 6.45) is 7.31. The summed E-state index contributed by atoms with van der Waals surface area (Å²) in [6, 6.07) is 0. The van der Waals surface area contributed by atoms with Crippen molar-refractivity contribution in [3.05, 3.63) is 0 Å². The number of carbonyl (C=O) groups excluding carboxylic acids is 2. The molecule has 0 N–H and O–H groups in total. The minimum absolute atomic E-state index is 0.0963. The Morgan fingerprint density at radius 2 is 1.94 bits per heavy atom. The van der Waals surface area contributed by atoms with Gasteiger partial charge in [-0.3, -0.25) is 9.69 Å². The topological polar surface area (TPSA) is 55.8 Å². The van der Waals surface area contributed by atoms with E-state index in [1.165, 1.54) is 4.90 Å². The Labute approximate surface area is 108 Å². The predicted molar refractivity (Wildman–Crippen MR) is 67.9 cm³/mol. The average Bonchev–Trinajstić information content (AvgIpc) is 2.38. The Hall–Kier alpha value is -1.70. The summed E-state index contributed by atoms with van der Waals surface area (Å²) in [5, 5.41) is 0. The maximum atomic E-state index is 11.4. The molecule has 18 heavy (non-hydrogen) atoms. The molecule has 0 bridgehead atoms. The summed E-state index contributed by atoms with van der Waals surface area (Å²) in [7, 11) is 0. The number of amides is 1. The molecule has 0 fully saturated rings. The largest absolute Gasteiger partial charge is 0.464 e. The third kappa shape index (κ3) is 7.55. The van der Waals surface area contributed by atoms with Crippen molar-refractivity contribution < 1.29 is 19.1 Å². The Kier molecular flexibility index (Phi) is 9.47. The van der Waals surface area contributed by atoms with Gasteiger partial charge >= 0.3 is 12.1 Å². The van der Waals surface area contributed by atoms with Crippen molar-refractivity contribution in [2.24, 2.45) is 0 Å². The molecule has 0 unspecified atom stereocenters. The van der Waals surface area contributed by atoms with Gasteiger partial charge in [-0.25, -0.2) is 4.79 Å². The van der Waals surface area contributed by atoms with Gasteiger partial charge < -0.3 is 9.47 Å². The van der Waals surface area contributed by atoms with Gasteiger partial charge in [-0.15, -0.1) is 6.42 Å². The third-order valence-electron chi connectivity index (χ3n) is 2.25. The van der Waals surface area contributed by atoms with Gasteiger partial charge in [-0.2, -0.15) is 0 Å². The van der Waals surface area contributed by atoms with Crippen LogP contribution in [0.5, 0.6) is 0 Å². The lowest BCUT2D eigenvalue weighted by Gasteiger charge is -2.18. The van der Waals surface area contributed by atoms with E-state index < -0.39 is 12.1 Å². The van der Waals surface area contributed by atoms with Crippen LogP contribution >= 0.6 is 0 Å². The Balaban J connectivity index is 3.93. The van der Waals surface area contributed by atoms with Gasteiger partial charge in [-0.1, -0.05) is 25.7 Å². The van der Waals surface area contributed by atoms with Gasteiger partial charge in [0, 0.05) is 6.54 Å². The fourth-order valence-electron chi connectivity index (χ4n) is 1.24. The number of unbranched alkanes of at least 4 members (excludes halogenated alkanes) is 2. The fourth-order valence-corrected chi connectivity index (χ4v) is 1.24. The number of likely N-dealkylation sites (N-methyl/N-ethyl adjacent to an activating group) is 1. The second kappa shape index (κ2) is 10.5. The summed E-state index contributed by atoms with van der Waals surface area (Å²) in [5.74, 6) is 1.77. The minimum atomic E-state index is -0.596. The average molecular weight is 255 g/mol. The molecule has 102 valence electrons. The zero-order valence-corrected chi connectivity index (χ0v) is 11.1. The van der Waals surface area contributed by atoms with Crippen LogP contribution in [0.15, 0.2) is 0 Å². The molecular formula is C13H21NO4. The zero-order chi connectivity index (χ0) is 13.8. The van der Waals surface area contributed by atoms with Crippen LogP contribution in [0.3, 0.4) is 0 Å². The maximum Gasteiger partial charge on any atom is 0.411 e. The first-order valence-corrected chi connectivity index (χ1v) is 6.16. The lowest BCUT2D eigenvalue weighted by atomic mass is 10.3. The molecule has 0 atom stereocenters. The van der Waals surface area contributed by atoms with E-state index in [0.717, 1.165) is 19.3 Å². The second-order valence-electron chi connectivity index (χ2n) is 3.70. The quantitative estimate of drug-likeness (QED) is 0.377. The van der Waals surface area contributed by atoms with Crippen molar-refractivity contribution in [3.8, 4) is 12.3 Å².